The Morgan fingerprint density at radius 3 is 2.57 bits per heavy atom. The summed E-state index contributed by atoms with van der Waals surface area (Å²) in [5.41, 5.74) is 0. The third kappa shape index (κ3) is 5.74. The third-order valence-electron chi connectivity index (χ3n) is 2.35. The third-order valence-corrected chi connectivity index (χ3v) is 2.35. The van der Waals surface area contributed by atoms with E-state index in [9.17, 15) is 13.2 Å². The van der Waals surface area contributed by atoms with Crippen molar-refractivity contribution >= 4 is 0 Å². The molecule has 0 atom stereocenters. The average Bonchev–Trinajstić information content (AvgIpc) is 2.46. The molecule has 1 aromatic heterocycles. The molecule has 23 heavy (non-hydrogen) atoms. The molecular weight excluding hydrogens is 313 g/mol. The van der Waals surface area contributed by atoms with Gasteiger partial charge < -0.3 is 14.2 Å². The lowest BCUT2D eigenvalue weighted by Crippen LogP contribution is -2.17. The highest BCUT2D eigenvalue weighted by atomic mass is 19.4. The van der Waals surface area contributed by atoms with Crippen molar-refractivity contribution in [3.8, 4) is 35.1 Å². The highest BCUT2D eigenvalue weighted by Crippen LogP contribution is 2.28. The number of nitrogens with zero attached hydrogens (tertiary/aromatic N) is 2. The Bertz CT molecular complexity index is 724. The normalized spacial score (nSPS) is 10.4. The second-order valence-electron chi connectivity index (χ2n) is 4.03. The van der Waals surface area contributed by atoms with Crippen molar-refractivity contribution in [1.29, 1.82) is 0 Å². The molecule has 0 saturated heterocycles. The Kier molecular flexibility index (Phi) is 5.25. The van der Waals surface area contributed by atoms with Crippen LogP contribution in [0.4, 0.5) is 13.2 Å². The monoisotopic (exact) mass is 324 g/mol. The van der Waals surface area contributed by atoms with Crippen LogP contribution in [0.5, 0.6) is 23.3 Å². The molecule has 0 N–H and O–H groups in total. The molecule has 0 fully saturated rings. The van der Waals surface area contributed by atoms with Gasteiger partial charge in [0.2, 0.25) is 11.8 Å². The molecule has 0 aliphatic rings. The molecule has 120 valence electrons. The number of halogens is 3. The Morgan fingerprint density at radius 2 is 1.83 bits per heavy atom. The lowest BCUT2D eigenvalue weighted by Gasteiger charge is -2.10. The van der Waals surface area contributed by atoms with Gasteiger partial charge in [-0.1, -0.05) is 12.0 Å². The zero-order chi connectivity index (χ0) is 16.7. The lowest BCUT2D eigenvalue weighted by molar-refractivity contribution is -0.274. The average molecular weight is 324 g/mol. The van der Waals surface area contributed by atoms with E-state index in [1.54, 1.807) is 6.92 Å². The van der Waals surface area contributed by atoms with E-state index in [4.69, 9.17) is 9.47 Å². The summed E-state index contributed by atoms with van der Waals surface area (Å²) >= 11 is 0. The summed E-state index contributed by atoms with van der Waals surface area (Å²) in [6.45, 7) is 1.83. The maximum Gasteiger partial charge on any atom is 0.573 e. The van der Waals surface area contributed by atoms with E-state index in [0.717, 1.165) is 12.1 Å². The smallest absolute Gasteiger partial charge is 0.464 e. The zero-order valence-corrected chi connectivity index (χ0v) is 11.9. The number of hydrogen-bond acceptors (Lipinski definition) is 5. The van der Waals surface area contributed by atoms with Gasteiger partial charge in [-0.05, 0) is 19.1 Å². The van der Waals surface area contributed by atoms with Gasteiger partial charge in [-0.3, -0.25) is 0 Å². The maximum absolute atomic E-state index is 12.2. The molecule has 0 unspecified atom stereocenters. The van der Waals surface area contributed by atoms with Gasteiger partial charge in [0.1, 0.15) is 17.8 Å². The molecule has 2 rings (SSSR count). The second kappa shape index (κ2) is 7.35. The molecular formula is C15H11F3N2O3. The van der Waals surface area contributed by atoms with E-state index in [1.807, 2.05) is 0 Å². The fourth-order valence-electron chi connectivity index (χ4n) is 1.50. The van der Waals surface area contributed by atoms with Crippen LogP contribution in [-0.2, 0) is 0 Å². The Hall–Kier alpha value is -2.95. The first-order valence-corrected chi connectivity index (χ1v) is 6.34. The number of ether oxygens (including phenoxy) is 3. The Morgan fingerprint density at radius 1 is 1.09 bits per heavy atom. The van der Waals surface area contributed by atoms with Crippen molar-refractivity contribution in [2.75, 3.05) is 6.61 Å². The van der Waals surface area contributed by atoms with Gasteiger partial charge >= 0.3 is 6.36 Å². The van der Waals surface area contributed by atoms with Crippen molar-refractivity contribution < 1.29 is 27.4 Å². The standard InChI is InChI=1S/C15H11F3N2O3/c1-2-3-7-21-13-9-14(20-10-19-13)22-11-5-4-6-12(8-11)23-15(16,17)18/h4-6,8-10H,7H2,1H3. The zero-order valence-electron chi connectivity index (χ0n) is 11.9. The van der Waals surface area contributed by atoms with Gasteiger partial charge in [-0.2, -0.15) is 0 Å². The van der Waals surface area contributed by atoms with E-state index in [-0.39, 0.29) is 24.1 Å². The SMILES string of the molecule is CC#CCOc1cc(Oc2cccc(OC(F)(F)F)c2)ncn1. The van der Waals surface area contributed by atoms with Crippen molar-refractivity contribution in [1.82, 2.24) is 9.97 Å². The summed E-state index contributed by atoms with van der Waals surface area (Å²) in [5, 5.41) is 0. The molecule has 2 aromatic rings. The molecule has 0 aliphatic carbocycles. The van der Waals surface area contributed by atoms with E-state index in [2.05, 4.69) is 26.5 Å². The van der Waals surface area contributed by atoms with Crippen LogP contribution in [-0.4, -0.2) is 22.9 Å². The number of hydrogen-bond donors (Lipinski definition) is 0. The molecule has 0 amide bonds. The van der Waals surface area contributed by atoms with Crippen LogP contribution in [0.25, 0.3) is 0 Å². The predicted octanol–water partition coefficient (Wildman–Crippen LogP) is 3.57. The minimum Gasteiger partial charge on any atom is -0.464 e. The van der Waals surface area contributed by atoms with Gasteiger partial charge in [0.25, 0.3) is 0 Å². The highest BCUT2D eigenvalue weighted by Gasteiger charge is 2.31. The molecule has 5 nitrogen and oxygen atoms in total. The van der Waals surface area contributed by atoms with Crippen LogP contribution >= 0.6 is 0 Å². The van der Waals surface area contributed by atoms with Crippen molar-refractivity contribution in [2.45, 2.75) is 13.3 Å². The van der Waals surface area contributed by atoms with Crippen LogP contribution in [0.3, 0.4) is 0 Å². The molecule has 1 aromatic carbocycles. The van der Waals surface area contributed by atoms with Gasteiger partial charge in [-0.25, -0.2) is 9.97 Å². The second-order valence-corrected chi connectivity index (χ2v) is 4.03. The van der Waals surface area contributed by atoms with E-state index in [1.165, 1.54) is 24.5 Å². The molecule has 0 bridgehead atoms. The quantitative estimate of drug-likeness (QED) is 0.787. The maximum atomic E-state index is 12.2. The number of aromatic nitrogens is 2. The van der Waals surface area contributed by atoms with E-state index >= 15 is 0 Å². The van der Waals surface area contributed by atoms with Crippen molar-refractivity contribution in [2.24, 2.45) is 0 Å². The summed E-state index contributed by atoms with van der Waals surface area (Å²) in [6, 6.07) is 6.49. The molecule has 1 heterocycles. The van der Waals surface area contributed by atoms with Gasteiger partial charge in [-0.15, -0.1) is 19.1 Å². The summed E-state index contributed by atoms with van der Waals surface area (Å²) < 4.78 is 51.0. The Balaban J connectivity index is 2.08. The van der Waals surface area contributed by atoms with Crippen LogP contribution < -0.4 is 14.2 Å². The predicted molar refractivity (Wildman–Crippen MR) is 74.2 cm³/mol. The van der Waals surface area contributed by atoms with Gasteiger partial charge in [0, 0.05) is 6.07 Å². The summed E-state index contributed by atoms with van der Waals surface area (Å²) in [4.78, 5) is 7.72. The fraction of sp³-hybridized carbons (Fsp3) is 0.200. The van der Waals surface area contributed by atoms with Crippen LogP contribution in [0.15, 0.2) is 36.7 Å². The largest absolute Gasteiger partial charge is 0.573 e. The van der Waals surface area contributed by atoms with Gasteiger partial charge in [0.05, 0.1) is 6.07 Å². The van der Waals surface area contributed by atoms with E-state index < -0.39 is 12.1 Å². The first-order valence-electron chi connectivity index (χ1n) is 6.34. The molecule has 8 heteroatoms. The Labute approximate surface area is 130 Å². The summed E-state index contributed by atoms with van der Waals surface area (Å²) in [6.07, 6.45) is -3.56. The van der Waals surface area contributed by atoms with Crippen molar-refractivity contribution in [3.05, 3.63) is 36.7 Å². The minimum atomic E-state index is -4.77. The molecule has 0 spiro atoms. The summed E-state index contributed by atoms with van der Waals surface area (Å²) in [5.74, 6) is 5.45. The first kappa shape index (κ1) is 16.4. The number of rotatable bonds is 5. The molecule has 0 aliphatic heterocycles. The van der Waals surface area contributed by atoms with Crippen molar-refractivity contribution in [3.63, 3.8) is 0 Å². The van der Waals surface area contributed by atoms with Gasteiger partial charge in [0.15, 0.2) is 6.61 Å². The van der Waals surface area contributed by atoms with E-state index in [0.29, 0.717) is 0 Å². The number of alkyl halides is 3. The highest BCUT2D eigenvalue weighted by molar-refractivity contribution is 5.35. The summed E-state index contributed by atoms with van der Waals surface area (Å²) in [7, 11) is 0. The lowest BCUT2D eigenvalue weighted by atomic mass is 10.3. The van der Waals surface area contributed by atoms with Crippen LogP contribution in [0, 0.1) is 11.8 Å². The minimum absolute atomic E-state index is 0.114. The molecule has 0 radical (unpaired) electrons. The van der Waals surface area contributed by atoms with Crippen LogP contribution in [0.1, 0.15) is 6.92 Å². The first-order chi connectivity index (χ1) is 11.0. The topological polar surface area (TPSA) is 53.5 Å². The molecule has 0 saturated carbocycles. The fourth-order valence-corrected chi connectivity index (χ4v) is 1.50. The number of benzene rings is 1. The van der Waals surface area contributed by atoms with Crippen LogP contribution in [0.2, 0.25) is 0 Å².